The van der Waals surface area contributed by atoms with Crippen LogP contribution in [0.2, 0.25) is 0 Å². The number of hydrogen-bond acceptors (Lipinski definition) is 5. The first-order valence-corrected chi connectivity index (χ1v) is 7.43. The lowest BCUT2D eigenvalue weighted by atomic mass is 10.1. The zero-order valence-electron chi connectivity index (χ0n) is 13.0. The highest BCUT2D eigenvalue weighted by molar-refractivity contribution is 7.80. The molecule has 0 N–H and O–H groups in total. The molecule has 116 valence electrons. The van der Waals surface area contributed by atoms with E-state index >= 15 is 0 Å². The molecular formula is C17H19NO3S. The van der Waals surface area contributed by atoms with E-state index in [2.05, 4.69) is 4.98 Å². The highest BCUT2D eigenvalue weighted by atomic mass is 32.1. The van der Waals surface area contributed by atoms with Crippen LogP contribution >= 0.6 is 12.2 Å². The zero-order valence-corrected chi connectivity index (χ0v) is 13.8. The SMILES string of the molecule is CCOc1cccc(C(=S)Cc2c(OC)cccc2OC)n1. The lowest BCUT2D eigenvalue weighted by Gasteiger charge is -2.13. The Labute approximate surface area is 136 Å². The summed E-state index contributed by atoms with van der Waals surface area (Å²) >= 11 is 5.53. The fourth-order valence-electron chi connectivity index (χ4n) is 2.15. The summed E-state index contributed by atoms with van der Waals surface area (Å²) in [6.07, 6.45) is 0.519. The molecule has 1 aromatic carbocycles. The first-order chi connectivity index (χ1) is 10.7. The van der Waals surface area contributed by atoms with Gasteiger partial charge in [0.1, 0.15) is 11.5 Å². The summed E-state index contributed by atoms with van der Waals surface area (Å²) in [6, 6.07) is 11.3. The van der Waals surface area contributed by atoms with Crippen LogP contribution in [0.5, 0.6) is 17.4 Å². The van der Waals surface area contributed by atoms with E-state index in [1.165, 1.54) is 0 Å². The van der Waals surface area contributed by atoms with Crippen LogP contribution in [-0.2, 0) is 6.42 Å². The molecule has 0 atom stereocenters. The fourth-order valence-corrected chi connectivity index (χ4v) is 2.41. The van der Waals surface area contributed by atoms with Crippen LogP contribution in [0.4, 0.5) is 0 Å². The topological polar surface area (TPSA) is 40.6 Å². The molecule has 2 aromatic rings. The molecule has 0 unspecified atom stereocenters. The molecule has 4 nitrogen and oxygen atoms in total. The number of benzene rings is 1. The van der Waals surface area contributed by atoms with Gasteiger partial charge in [-0.1, -0.05) is 24.4 Å². The van der Waals surface area contributed by atoms with E-state index in [4.69, 9.17) is 26.4 Å². The third kappa shape index (κ3) is 3.74. The molecule has 0 radical (unpaired) electrons. The summed E-state index contributed by atoms with van der Waals surface area (Å²) < 4.78 is 16.2. The predicted molar refractivity (Wildman–Crippen MR) is 90.4 cm³/mol. The van der Waals surface area contributed by atoms with Gasteiger partial charge >= 0.3 is 0 Å². The molecule has 0 saturated heterocycles. The maximum Gasteiger partial charge on any atom is 0.213 e. The Kier molecular flexibility index (Phi) is 5.72. The van der Waals surface area contributed by atoms with E-state index in [0.29, 0.717) is 23.8 Å². The van der Waals surface area contributed by atoms with Crippen molar-refractivity contribution in [2.75, 3.05) is 20.8 Å². The van der Waals surface area contributed by atoms with E-state index in [0.717, 1.165) is 22.8 Å². The average molecular weight is 317 g/mol. The molecule has 0 aliphatic rings. The van der Waals surface area contributed by atoms with Gasteiger partial charge in [-0.25, -0.2) is 4.98 Å². The van der Waals surface area contributed by atoms with Crippen LogP contribution in [0.3, 0.4) is 0 Å². The molecule has 0 spiro atoms. The van der Waals surface area contributed by atoms with Gasteiger partial charge < -0.3 is 14.2 Å². The second kappa shape index (κ2) is 7.75. The van der Waals surface area contributed by atoms with E-state index in [9.17, 15) is 0 Å². The van der Waals surface area contributed by atoms with Crippen molar-refractivity contribution in [1.82, 2.24) is 4.98 Å². The number of hydrogen-bond donors (Lipinski definition) is 0. The van der Waals surface area contributed by atoms with Crippen LogP contribution in [0, 0.1) is 0 Å². The van der Waals surface area contributed by atoms with E-state index in [-0.39, 0.29) is 0 Å². The number of methoxy groups -OCH3 is 2. The Morgan fingerprint density at radius 2 is 1.68 bits per heavy atom. The minimum Gasteiger partial charge on any atom is -0.496 e. The third-order valence-corrected chi connectivity index (χ3v) is 3.52. The van der Waals surface area contributed by atoms with Crippen molar-refractivity contribution in [3.05, 3.63) is 47.7 Å². The molecule has 22 heavy (non-hydrogen) atoms. The van der Waals surface area contributed by atoms with Crippen LogP contribution in [0.25, 0.3) is 0 Å². The highest BCUT2D eigenvalue weighted by Gasteiger charge is 2.14. The zero-order chi connectivity index (χ0) is 15.9. The van der Waals surface area contributed by atoms with E-state index in [1.807, 2.05) is 43.3 Å². The van der Waals surface area contributed by atoms with Gasteiger partial charge in [-0.05, 0) is 25.1 Å². The number of nitrogens with zero attached hydrogens (tertiary/aromatic N) is 1. The molecule has 1 aromatic heterocycles. The quantitative estimate of drug-likeness (QED) is 0.578. The molecule has 0 fully saturated rings. The van der Waals surface area contributed by atoms with Crippen molar-refractivity contribution in [3.63, 3.8) is 0 Å². The van der Waals surface area contributed by atoms with Crippen molar-refractivity contribution in [3.8, 4) is 17.4 Å². The van der Waals surface area contributed by atoms with Gasteiger partial charge in [-0.15, -0.1) is 0 Å². The maximum absolute atomic E-state index is 5.53. The second-order valence-corrected chi connectivity index (χ2v) is 5.03. The monoisotopic (exact) mass is 317 g/mol. The van der Waals surface area contributed by atoms with Gasteiger partial charge in [-0.3, -0.25) is 0 Å². The van der Waals surface area contributed by atoms with Crippen LogP contribution in [-0.4, -0.2) is 30.7 Å². The minimum absolute atomic E-state index is 0.519. The summed E-state index contributed by atoms with van der Waals surface area (Å²) in [4.78, 5) is 5.14. The Bertz CT molecular complexity index is 636. The second-order valence-electron chi connectivity index (χ2n) is 4.54. The molecule has 0 aliphatic heterocycles. The van der Waals surface area contributed by atoms with Crippen molar-refractivity contribution >= 4 is 17.1 Å². The largest absolute Gasteiger partial charge is 0.496 e. The highest BCUT2D eigenvalue weighted by Crippen LogP contribution is 2.29. The molecular weight excluding hydrogens is 298 g/mol. The van der Waals surface area contributed by atoms with Gasteiger partial charge in [0, 0.05) is 22.9 Å². The Balaban J connectivity index is 2.27. The molecule has 0 bridgehead atoms. The van der Waals surface area contributed by atoms with Crippen molar-refractivity contribution in [1.29, 1.82) is 0 Å². The first kappa shape index (κ1) is 16.2. The molecule has 2 rings (SSSR count). The smallest absolute Gasteiger partial charge is 0.213 e. The van der Waals surface area contributed by atoms with Gasteiger partial charge in [-0.2, -0.15) is 0 Å². The number of ether oxygens (including phenoxy) is 3. The lowest BCUT2D eigenvalue weighted by Crippen LogP contribution is -2.08. The van der Waals surface area contributed by atoms with E-state index in [1.54, 1.807) is 14.2 Å². The molecule has 0 saturated carbocycles. The number of rotatable bonds is 7. The summed E-state index contributed by atoms with van der Waals surface area (Å²) in [5.41, 5.74) is 1.65. The Hall–Kier alpha value is -2.14. The summed E-state index contributed by atoms with van der Waals surface area (Å²) in [5, 5.41) is 0. The molecule has 1 heterocycles. The number of pyridine rings is 1. The van der Waals surface area contributed by atoms with Crippen molar-refractivity contribution in [2.24, 2.45) is 0 Å². The van der Waals surface area contributed by atoms with Crippen molar-refractivity contribution in [2.45, 2.75) is 13.3 Å². The molecule has 5 heteroatoms. The number of aromatic nitrogens is 1. The average Bonchev–Trinajstić information content (AvgIpc) is 2.55. The predicted octanol–water partition coefficient (Wildman–Crippen LogP) is 3.46. The van der Waals surface area contributed by atoms with Crippen LogP contribution in [0.15, 0.2) is 36.4 Å². The Morgan fingerprint density at radius 1 is 1.05 bits per heavy atom. The third-order valence-electron chi connectivity index (χ3n) is 3.17. The van der Waals surface area contributed by atoms with Gasteiger partial charge in [0.15, 0.2) is 0 Å². The molecule has 0 aliphatic carbocycles. The number of thiocarbonyl (C=S) groups is 1. The fraction of sp³-hybridized carbons (Fsp3) is 0.294. The van der Waals surface area contributed by atoms with Crippen LogP contribution in [0.1, 0.15) is 18.2 Å². The van der Waals surface area contributed by atoms with Crippen molar-refractivity contribution < 1.29 is 14.2 Å². The summed E-state index contributed by atoms with van der Waals surface area (Å²) in [5.74, 6) is 2.08. The lowest BCUT2D eigenvalue weighted by molar-refractivity contribution is 0.326. The van der Waals surface area contributed by atoms with Crippen LogP contribution < -0.4 is 14.2 Å². The summed E-state index contributed by atoms with van der Waals surface area (Å²) in [7, 11) is 3.27. The van der Waals surface area contributed by atoms with Gasteiger partial charge in [0.2, 0.25) is 5.88 Å². The first-order valence-electron chi connectivity index (χ1n) is 7.02. The minimum atomic E-state index is 0.519. The van der Waals surface area contributed by atoms with E-state index < -0.39 is 0 Å². The maximum atomic E-state index is 5.53. The summed E-state index contributed by atoms with van der Waals surface area (Å²) in [6.45, 7) is 2.50. The van der Waals surface area contributed by atoms with Gasteiger partial charge in [0.25, 0.3) is 0 Å². The standard InChI is InChI=1S/C17H19NO3S/c1-4-21-17-10-5-7-13(18-17)16(22)11-12-14(19-2)8-6-9-15(12)20-3/h5-10H,4,11H2,1-3H3. The molecule has 0 amide bonds. The van der Waals surface area contributed by atoms with Gasteiger partial charge in [0.05, 0.1) is 26.5 Å². The normalized spacial score (nSPS) is 10.1. The Morgan fingerprint density at radius 3 is 2.27 bits per heavy atom.